The third-order valence-corrected chi connectivity index (χ3v) is 15.6. The number of guanidine groups is 1. The number of likely N-dealkylation sites (tertiary alicyclic amines) is 1. The maximum atomic E-state index is 14.3. The Labute approximate surface area is 537 Å². The zero-order chi connectivity index (χ0) is 68.9. The van der Waals surface area contributed by atoms with Crippen LogP contribution in [0.2, 0.25) is 0 Å². The van der Waals surface area contributed by atoms with E-state index in [1.54, 1.807) is 71.2 Å². The highest BCUT2D eigenvalue weighted by Gasteiger charge is 2.40. The van der Waals surface area contributed by atoms with Gasteiger partial charge in [0.25, 0.3) is 0 Å². The Balaban J connectivity index is 2.42. The number of ether oxygens (including phenoxy) is 1. The number of thioether (sulfide) groups is 2. The molecule has 1 aliphatic rings. The van der Waals surface area contributed by atoms with Crippen molar-refractivity contribution >= 4 is 106 Å². The summed E-state index contributed by atoms with van der Waals surface area (Å²) >= 11 is 2.16. The molecule has 0 spiro atoms. The normalized spacial score (nSPS) is 16.9. The molecule has 510 valence electrons. The minimum Gasteiger partial charge on any atom is -0.480 e. The van der Waals surface area contributed by atoms with Gasteiger partial charge in [0.2, 0.25) is 65.0 Å². The number of hydrogen-bond donors (Lipinski definition) is 16. The molecule has 1 aromatic carbocycles. The number of benzene rings is 1. The van der Waals surface area contributed by atoms with E-state index in [9.17, 15) is 77.6 Å². The number of aliphatic hydroxyl groups excluding tert-OH is 2. The van der Waals surface area contributed by atoms with E-state index in [1.807, 2.05) is 5.32 Å². The number of nitrogens with two attached hydrogens (primary N) is 4. The number of amides is 11. The van der Waals surface area contributed by atoms with Crippen LogP contribution in [0.15, 0.2) is 35.3 Å². The van der Waals surface area contributed by atoms with Crippen LogP contribution in [0.5, 0.6) is 0 Å². The number of nitrogens with zero attached hydrogens (tertiary/aromatic N) is 2. The van der Waals surface area contributed by atoms with Crippen molar-refractivity contribution in [1.29, 1.82) is 0 Å². The first-order valence-corrected chi connectivity index (χ1v) is 32.2. The van der Waals surface area contributed by atoms with Gasteiger partial charge < -0.3 is 95.7 Å². The number of aliphatic hydroxyl groups is 2. The summed E-state index contributed by atoms with van der Waals surface area (Å²) in [6.07, 6.45) is -1.39. The van der Waals surface area contributed by atoms with Crippen LogP contribution >= 0.6 is 23.5 Å². The van der Waals surface area contributed by atoms with Gasteiger partial charge in [0.1, 0.15) is 60.0 Å². The van der Waals surface area contributed by atoms with Crippen LogP contribution < -0.4 is 70.8 Å². The van der Waals surface area contributed by atoms with Gasteiger partial charge in [-0.1, -0.05) is 50.6 Å². The van der Waals surface area contributed by atoms with E-state index in [2.05, 4.69) is 47.5 Å². The first kappa shape index (κ1) is 79.3. The second-order valence-corrected chi connectivity index (χ2v) is 24.9. The smallest absolute Gasteiger partial charge is 0.326 e. The quantitative estimate of drug-likeness (QED) is 0.0127. The Morgan fingerprint density at radius 2 is 1.24 bits per heavy atom. The molecule has 1 saturated heterocycles. The number of carbonyl (C=O) groups is 13. The van der Waals surface area contributed by atoms with Crippen LogP contribution in [-0.2, 0) is 73.5 Å². The second kappa shape index (κ2) is 39.4. The molecule has 91 heavy (non-hydrogen) atoms. The standard InChI is InChI=1S/C57H93N15O17S2/c1-10-29(2)43(51(83)68-38(27-91-28-42(77)89-57(6,7)8)49(81)70-45(32(5)74)53(85)71-44(31(4)73)52(84)67-37(55(87)88)25-40(59)75)69-41(76)26-63-46(78)35(20-23-90-9)65-47(79)34(18-14-21-62-56(60)61)64-48(80)36(24-33-16-12-11-13-17-33)66-50(82)39-19-15-22-72(39)54(86)30(3)58/h11-13,16-17,29-32,34-39,43-45,73-74H,10,14-15,18-28,58H2,1-9H3,(H2,59,75)(H,63,78)(H,64,80)(H,65,79)(H,66,82)(H,67,84)(H,68,83)(H,69,76)(H,70,81)(H,71,85)(H,87,88)(H4,60,61,62). The molecule has 2 rings (SSSR count). The van der Waals surface area contributed by atoms with E-state index in [0.717, 1.165) is 25.6 Å². The molecule has 20 N–H and O–H groups in total. The van der Waals surface area contributed by atoms with Crippen molar-refractivity contribution in [2.24, 2.45) is 33.8 Å². The van der Waals surface area contributed by atoms with Crippen molar-refractivity contribution in [2.75, 3.05) is 43.1 Å². The summed E-state index contributed by atoms with van der Waals surface area (Å²) in [5.74, 6) is -13.8. The van der Waals surface area contributed by atoms with Crippen molar-refractivity contribution in [1.82, 2.24) is 52.8 Å². The highest BCUT2D eigenvalue weighted by molar-refractivity contribution is 8.00. The van der Waals surface area contributed by atoms with E-state index >= 15 is 0 Å². The highest BCUT2D eigenvalue weighted by Crippen LogP contribution is 2.20. The molecule has 0 saturated carbocycles. The van der Waals surface area contributed by atoms with Gasteiger partial charge >= 0.3 is 11.9 Å². The average Bonchev–Trinajstić information content (AvgIpc) is 2.05. The molecule has 0 aliphatic carbocycles. The molecule has 1 heterocycles. The number of aliphatic carboxylic acids is 1. The predicted octanol–water partition coefficient (Wildman–Crippen LogP) is -4.79. The number of carboxylic acid groups (broad SMARTS) is 1. The summed E-state index contributed by atoms with van der Waals surface area (Å²) in [6.45, 7) is 11.4. The molecule has 1 aromatic rings. The summed E-state index contributed by atoms with van der Waals surface area (Å²) in [7, 11) is 0. The number of hydrogen-bond acceptors (Lipinski definition) is 20. The lowest BCUT2D eigenvalue weighted by Gasteiger charge is -2.29. The van der Waals surface area contributed by atoms with E-state index in [-0.39, 0.29) is 62.7 Å². The molecular weight excluding hydrogens is 1230 g/mol. The van der Waals surface area contributed by atoms with Crippen molar-refractivity contribution in [3.63, 3.8) is 0 Å². The number of rotatable bonds is 39. The fourth-order valence-electron chi connectivity index (χ4n) is 8.98. The fraction of sp³-hybridized carbons (Fsp3) is 0.649. The van der Waals surface area contributed by atoms with Gasteiger partial charge in [-0.2, -0.15) is 11.8 Å². The fourth-order valence-corrected chi connectivity index (χ4v) is 10.3. The first-order valence-electron chi connectivity index (χ1n) is 29.6. The highest BCUT2D eigenvalue weighted by atomic mass is 32.2. The minimum absolute atomic E-state index is 0.0205. The lowest BCUT2D eigenvalue weighted by atomic mass is 9.98. The predicted molar refractivity (Wildman–Crippen MR) is 337 cm³/mol. The third kappa shape index (κ3) is 28.9. The molecule has 34 heteroatoms. The van der Waals surface area contributed by atoms with Gasteiger partial charge in [0, 0.05) is 25.3 Å². The Kier molecular flexibility index (Phi) is 34.4. The van der Waals surface area contributed by atoms with E-state index in [4.69, 9.17) is 27.7 Å². The molecular formula is C57H93N15O17S2. The van der Waals surface area contributed by atoms with Gasteiger partial charge in [-0.25, -0.2) is 4.79 Å². The molecule has 32 nitrogen and oxygen atoms in total. The van der Waals surface area contributed by atoms with Crippen LogP contribution in [0, 0.1) is 5.92 Å². The summed E-state index contributed by atoms with van der Waals surface area (Å²) in [5.41, 5.74) is 21.8. The zero-order valence-corrected chi connectivity index (χ0v) is 54.5. The second-order valence-electron chi connectivity index (χ2n) is 22.9. The SMILES string of the molecule is CCC(C)C(NC(=O)CNC(=O)C(CCSC)NC(=O)C(CCCN=C(N)N)NC(=O)C(Cc1ccccc1)NC(=O)C1CCCN1C(=O)C(C)N)C(=O)NC(CSCC(=O)OC(C)(C)C)C(=O)NC(C(=O)NC(C(=O)NC(CC(N)=O)C(=O)O)C(C)O)C(C)O. The van der Waals surface area contributed by atoms with Gasteiger partial charge in [-0.15, -0.1) is 11.8 Å². The largest absolute Gasteiger partial charge is 0.480 e. The molecule has 11 amide bonds. The van der Waals surface area contributed by atoms with Crippen molar-refractivity contribution < 1.29 is 82.4 Å². The number of nitrogens with one attached hydrogen (secondary N) is 9. The van der Waals surface area contributed by atoms with Crippen LogP contribution in [0.1, 0.15) is 106 Å². The third-order valence-electron chi connectivity index (χ3n) is 13.9. The summed E-state index contributed by atoms with van der Waals surface area (Å²) in [4.78, 5) is 180. The maximum Gasteiger partial charge on any atom is 0.326 e. The Hall–Kier alpha value is -7.82. The Morgan fingerprint density at radius 1 is 0.703 bits per heavy atom. The van der Waals surface area contributed by atoms with Gasteiger partial charge in [0.05, 0.1) is 37.0 Å². The number of primary amides is 1. The summed E-state index contributed by atoms with van der Waals surface area (Å²) in [5, 5.41) is 52.8. The zero-order valence-electron chi connectivity index (χ0n) is 52.9. The number of aliphatic imine (C=N–C) groups is 1. The van der Waals surface area contributed by atoms with Gasteiger partial charge in [0.15, 0.2) is 5.96 Å². The van der Waals surface area contributed by atoms with Crippen molar-refractivity contribution in [3.05, 3.63) is 35.9 Å². The van der Waals surface area contributed by atoms with Crippen molar-refractivity contribution in [2.45, 2.75) is 185 Å². The van der Waals surface area contributed by atoms with Crippen LogP contribution in [-0.4, -0.2) is 224 Å². The maximum absolute atomic E-state index is 14.3. The Bertz CT molecular complexity index is 2700. The number of esters is 1. The Morgan fingerprint density at radius 3 is 1.78 bits per heavy atom. The van der Waals surface area contributed by atoms with Crippen LogP contribution in [0.25, 0.3) is 0 Å². The van der Waals surface area contributed by atoms with Crippen LogP contribution in [0.3, 0.4) is 0 Å². The van der Waals surface area contributed by atoms with Gasteiger partial charge in [-0.3, -0.25) is 62.5 Å². The monoisotopic (exact) mass is 1320 g/mol. The minimum atomic E-state index is -1.93. The van der Waals surface area contributed by atoms with Crippen molar-refractivity contribution in [3.8, 4) is 0 Å². The molecule has 13 unspecified atom stereocenters. The topological polar surface area (TPSA) is 520 Å². The van der Waals surface area contributed by atoms with Crippen LogP contribution in [0.4, 0.5) is 0 Å². The number of carboxylic acids is 1. The average molecular weight is 1320 g/mol. The lowest BCUT2D eigenvalue weighted by Crippen LogP contribution is -2.63. The molecule has 0 aromatic heterocycles. The first-order chi connectivity index (χ1) is 42.6. The molecule has 0 bridgehead atoms. The molecule has 1 fully saturated rings. The van der Waals surface area contributed by atoms with E-state index < -0.39 is 174 Å². The molecule has 13 atom stereocenters. The summed E-state index contributed by atoms with van der Waals surface area (Å²) in [6, 6.07) is -5.77. The van der Waals surface area contributed by atoms with E-state index in [1.165, 1.54) is 23.6 Å². The number of carbonyl (C=O) groups excluding carboxylic acids is 12. The molecule has 0 radical (unpaired) electrons. The van der Waals surface area contributed by atoms with Gasteiger partial charge in [-0.05, 0) is 97.1 Å². The van der Waals surface area contributed by atoms with E-state index in [0.29, 0.717) is 24.2 Å². The summed E-state index contributed by atoms with van der Waals surface area (Å²) < 4.78 is 5.36. The lowest BCUT2D eigenvalue weighted by molar-refractivity contribution is -0.151. The molecule has 1 aliphatic heterocycles.